The predicted octanol–water partition coefficient (Wildman–Crippen LogP) is 3.37. The van der Waals surface area contributed by atoms with E-state index in [9.17, 15) is 8.78 Å². The van der Waals surface area contributed by atoms with Crippen LogP contribution in [0.4, 0.5) is 8.78 Å². The van der Waals surface area contributed by atoms with Crippen LogP contribution >= 0.6 is 15.9 Å². The molecule has 1 atom stereocenters. The Balaban J connectivity index is 2.41. The summed E-state index contributed by atoms with van der Waals surface area (Å²) in [5.41, 5.74) is 5.85. The Morgan fingerprint density at radius 3 is 2.56 bits per heavy atom. The minimum Gasteiger partial charge on any atom is -0.452 e. The van der Waals surface area contributed by atoms with Gasteiger partial charge in [0.1, 0.15) is 5.76 Å². The third-order valence-electron chi connectivity index (χ3n) is 2.22. The first kappa shape index (κ1) is 11.3. The van der Waals surface area contributed by atoms with Gasteiger partial charge < -0.3 is 10.2 Å². The van der Waals surface area contributed by atoms with Crippen molar-refractivity contribution in [3.8, 4) is 0 Å². The van der Waals surface area contributed by atoms with Crippen LogP contribution in [0.25, 0.3) is 0 Å². The molecule has 84 valence electrons. The topological polar surface area (TPSA) is 39.2 Å². The molecule has 0 spiro atoms. The first-order valence-electron chi connectivity index (χ1n) is 4.54. The monoisotopic (exact) mass is 287 g/mol. The molecule has 0 radical (unpaired) electrons. The molecule has 0 fully saturated rings. The van der Waals surface area contributed by atoms with Crippen LogP contribution in [0.5, 0.6) is 0 Å². The second kappa shape index (κ2) is 4.35. The summed E-state index contributed by atoms with van der Waals surface area (Å²) < 4.78 is 32.1. The fourth-order valence-electron chi connectivity index (χ4n) is 1.41. The summed E-state index contributed by atoms with van der Waals surface area (Å²) in [5, 5.41) is 0. The summed E-state index contributed by atoms with van der Waals surface area (Å²) in [5.74, 6) is -1.49. The second-order valence-electron chi connectivity index (χ2n) is 3.26. The lowest BCUT2D eigenvalue weighted by Crippen LogP contribution is -2.13. The molecule has 0 aliphatic carbocycles. The minimum atomic E-state index is -0.942. The van der Waals surface area contributed by atoms with Crippen LogP contribution in [-0.2, 0) is 0 Å². The van der Waals surface area contributed by atoms with E-state index in [2.05, 4.69) is 15.9 Å². The summed E-state index contributed by atoms with van der Waals surface area (Å²) in [6.07, 6.45) is 0. The Bertz CT molecular complexity index is 512. The van der Waals surface area contributed by atoms with Crippen LogP contribution in [0, 0.1) is 11.6 Å². The van der Waals surface area contributed by atoms with E-state index in [1.165, 1.54) is 12.1 Å². The molecule has 1 heterocycles. The van der Waals surface area contributed by atoms with E-state index in [0.29, 0.717) is 10.4 Å². The molecule has 2 aromatic rings. The van der Waals surface area contributed by atoms with Crippen molar-refractivity contribution in [2.45, 2.75) is 6.04 Å². The van der Waals surface area contributed by atoms with Gasteiger partial charge >= 0.3 is 0 Å². The molecule has 1 aromatic carbocycles. The van der Waals surface area contributed by atoms with Gasteiger partial charge in [-0.05, 0) is 34.1 Å². The normalized spacial score (nSPS) is 12.8. The highest BCUT2D eigenvalue weighted by Gasteiger charge is 2.18. The molecule has 0 bridgehead atoms. The van der Waals surface area contributed by atoms with E-state index in [1.807, 2.05) is 0 Å². The zero-order chi connectivity index (χ0) is 11.7. The SMILES string of the molecule is NC(c1ccc(Br)o1)c1cccc(F)c1F. The highest BCUT2D eigenvalue weighted by atomic mass is 79.9. The van der Waals surface area contributed by atoms with Crippen LogP contribution in [0.15, 0.2) is 39.4 Å². The third-order valence-corrected chi connectivity index (χ3v) is 2.64. The Hall–Kier alpha value is -1.20. The quantitative estimate of drug-likeness (QED) is 0.920. The van der Waals surface area contributed by atoms with Crippen LogP contribution in [0.3, 0.4) is 0 Å². The molecule has 0 amide bonds. The van der Waals surface area contributed by atoms with E-state index < -0.39 is 17.7 Å². The summed E-state index contributed by atoms with van der Waals surface area (Å²) in [4.78, 5) is 0. The van der Waals surface area contributed by atoms with Crippen molar-refractivity contribution in [2.75, 3.05) is 0 Å². The van der Waals surface area contributed by atoms with Crippen molar-refractivity contribution in [3.05, 3.63) is 58.0 Å². The van der Waals surface area contributed by atoms with E-state index in [0.717, 1.165) is 6.07 Å². The van der Waals surface area contributed by atoms with Gasteiger partial charge in [0, 0.05) is 5.56 Å². The molecule has 0 saturated heterocycles. The van der Waals surface area contributed by atoms with Gasteiger partial charge in [0.05, 0.1) is 6.04 Å². The zero-order valence-electron chi connectivity index (χ0n) is 8.08. The minimum absolute atomic E-state index is 0.0712. The smallest absolute Gasteiger partial charge is 0.169 e. The van der Waals surface area contributed by atoms with Crippen molar-refractivity contribution < 1.29 is 13.2 Å². The highest BCUT2D eigenvalue weighted by Crippen LogP contribution is 2.26. The number of rotatable bonds is 2. The maximum Gasteiger partial charge on any atom is 0.169 e. The predicted molar refractivity (Wildman–Crippen MR) is 58.8 cm³/mol. The van der Waals surface area contributed by atoms with E-state index in [4.69, 9.17) is 10.2 Å². The maximum absolute atomic E-state index is 13.4. The zero-order valence-corrected chi connectivity index (χ0v) is 9.67. The molecule has 5 heteroatoms. The van der Waals surface area contributed by atoms with Gasteiger partial charge in [0.2, 0.25) is 0 Å². The summed E-state index contributed by atoms with van der Waals surface area (Å²) in [6, 6.07) is 6.32. The molecule has 1 unspecified atom stereocenters. The average molecular weight is 288 g/mol. The third kappa shape index (κ3) is 2.01. The molecule has 0 saturated carbocycles. The van der Waals surface area contributed by atoms with Crippen molar-refractivity contribution >= 4 is 15.9 Å². The van der Waals surface area contributed by atoms with Gasteiger partial charge in [-0.3, -0.25) is 0 Å². The van der Waals surface area contributed by atoms with Crippen LogP contribution < -0.4 is 5.73 Å². The molecule has 2 N–H and O–H groups in total. The van der Waals surface area contributed by atoms with Gasteiger partial charge in [-0.25, -0.2) is 8.78 Å². The van der Waals surface area contributed by atoms with Gasteiger partial charge in [-0.2, -0.15) is 0 Å². The summed E-state index contributed by atoms with van der Waals surface area (Å²) >= 11 is 3.12. The van der Waals surface area contributed by atoms with Gasteiger partial charge in [-0.1, -0.05) is 12.1 Å². The van der Waals surface area contributed by atoms with Crippen molar-refractivity contribution in [2.24, 2.45) is 5.73 Å². The van der Waals surface area contributed by atoms with Crippen LogP contribution in [-0.4, -0.2) is 0 Å². The van der Waals surface area contributed by atoms with Crippen LogP contribution in [0.2, 0.25) is 0 Å². The molecule has 16 heavy (non-hydrogen) atoms. The average Bonchev–Trinajstić information content (AvgIpc) is 2.68. The summed E-state index contributed by atoms with van der Waals surface area (Å²) in [6.45, 7) is 0. The Morgan fingerprint density at radius 1 is 1.19 bits per heavy atom. The van der Waals surface area contributed by atoms with Gasteiger partial charge in [-0.15, -0.1) is 0 Å². The maximum atomic E-state index is 13.4. The first-order chi connectivity index (χ1) is 7.59. The molecular formula is C11H8BrF2NO. The number of furan rings is 1. The molecule has 2 rings (SSSR count). The lowest BCUT2D eigenvalue weighted by atomic mass is 10.0. The van der Waals surface area contributed by atoms with Crippen LogP contribution in [0.1, 0.15) is 17.4 Å². The van der Waals surface area contributed by atoms with E-state index in [1.54, 1.807) is 12.1 Å². The first-order valence-corrected chi connectivity index (χ1v) is 5.33. The Kier molecular flexibility index (Phi) is 3.07. The Morgan fingerprint density at radius 2 is 1.94 bits per heavy atom. The van der Waals surface area contributed by atoms with E-state index in [-0.39, 0.29) is 5.56 Å². The number of hydrogen-bond donors (Lipinski definition) is 1. The van der Waals surface area contributed by atoms with Gasteiger partial charge in [0.25, 0.3) is 0 Å². The van der Waals surface area contributed by atoms with Crippen molar-refractivity contribution in [3.63, 3.8) is 0 Å². The number of hydrogen-bond acceptors (Lipinski definition) is 2. The number of halogens is 3. The fourth-order valence-corrected chi connectivity index (χ4v) is 1.73. The standard InChI is InChI=1S/C11H8BrF2NO/c12-9-5-4-8(16-9)11(15)6-2-1-3-7(13)10(6)14/h1-5,11H,15H2. The molecule has 1 aromatic heterocycles. The molecule has 0 aliphatic heterocycles. The fraction of sp³-hybridized carbons (Fsp3) is 0.0909. The molecule has 2 nitrogen and oxygen atoms in total. The highest BCUT2D eigenvalue weighted by molar-refractivity contribution is 9.10. The lowest BCUT2D eigenvalue weighted by Gasteiger charge is -2.10. The summed E-state index contributed by atoms with van der Waals surface area (Å²) in [7, 11) is 0. The largest absolute Gasteiger partial charge is 0.452 e. The molecular weight excluding hydrogens is 280 g/mol. The Labute approximate surface area is 99.2 Å². The van der Waals surface area contributed by atoms with Gasteiger partial charge in [0.15, 0.2) is 16.3 Å². The lowest BCUT2D eigenvalue weighted by molar-refractivity contribution is 0.451. The van der Waals surface area contributed by atoms with E-state index >= 15 is 0 Å². The number of nitrogens with two attached hydrogens (primary N) is 1. The van der Waals surface area contributed by atoms with Crippen molar-refractivity contribution in [1.29, 1.82) is 0 Å². The molecule has 0 aliphatic rings. The second-order valence-corrected chi connectivity index (χ2v) is 4.04. The van der Waals surface area contributed by atoms with Crippen molar-refractivity contribution in [1.82, 2.24) is 0 Å². The number of benzene rings is 1.